The molecular formula is C24H30BF2N2O2. The molecule has 0 aliphatic carbocycles. The molecule has 165 valence electrons. The highest BCUT2D eigenvalue weighted by atomic mass is 19.1. The highest BCUT2D eigenvalue weighted by Gasteiger charge is 2.20. The van der Waals surface area contributed by atoms with Crippen molar-refractivity contribution in [2.45, 2.75) is 51.1 Å². The van der Waals surface area contributed by atoms with Crippen LogP contribution < -0.4 is 9.31 Å². The number of rotatable bonds is 8. The number of piperidine rings is 2. The molecule has 4 rings (SSSR count). The van der Waals surface area contributed by atoms with Gasteiger partial charge in [0.2, 0.25) is 0 Å². The number of halogens is 2. The average Bonchev–Trinajstić information content (AvgIpc) is 2.76. The van der Waals surface area contributed by atoms with Gasteiger partial charge in [0.15, 0.2) is 0 Å². The van der Waals surface area contributed by atoms with Gasteiger partial charge in [-0.05, 0) is 74.2 Å². The molecule has 2 aliphatic heterocycles. The molecule has 2 saturated heterocycles. The van der Waals surface area contributed by atoms with Gasteiger partial charge in [-0.15, -0.1) is 0 Å². The van der Waals surface area contributed by atoms with Crippen LogP contribution >= 0.6 is 0 Å². The van der Waals surface area contributed by atoms with Crippen LogP contribution in [0.5, 0.6) is 11.5 Å². The highest BCUT2D eigenvalue weighted by molar-refractivity contribution is 6.20. The van der Waals surface area contributed by atoms with E-state index in [-0.39, 0.29) is 0 Å². The maximum Gasteiger partial charge on any atom is 0.658 e. The third-order valence-electron chi connectivity index (χ3n) is 5.92. The molecule has 4 nitrogen and oxygen atoms in total. The van der Waals surface area contributed by atoms with E-state index in [9.17, 15) is 8.78 Å². The summed E-state index contributed by atoms with van der Waals surface area (Å²) in [6.07, 6.45) is 1.80. The molecule has 1 radical (unpaired) electrons. The monoisotopic (exact) mass is 427 g/mol. The number of benzene rings is 2. The molecule has 2 atom stereocenters. The summed E-state index contributed by atoms with van der Waals surface area (Å²) >= 11 is 0. The normalized spacial score (nSPS) is 22.8. The summed E-state index contributed by atoms with van der Waals surface area (Å²) in [5, 5.41) is 0. The van der Waals surface area contributed by atoms with Gasteiger partial charge < -0.3 is 9.31 Å². The largest absolute Gasteiger partial charge is 0.658 e. The molecule has 0 N–H and O–H groups in total. The van der Waals surface area contributed by atoms with Crippen molar-refractivity contribution >= 4 is 7.69 Å². The van der Waals surface area contributed by atoms with E-state index in [0.717, 1.165) is 50.1 Å². The van der Waals surface area contributed by atoms with Crippen LogP contribution in [0, 0.1) is 0 Å². The minimum atomic E-state index is -0.704. The fourth-order valence-electron chi connectivity index (χ4n) is 4.28. The Morgan fingerprint density at radius 1 is 0.710 bits per heavy atom. The number of alkyl halides is 2. The first-order valence-corrected chi connectivity index (χ1v) is 11.2. The Kier molecular flexibility index (Phi) is 7.81. The van der Waals surface area contributed by atoms with E-state index >= 15 is 0 Å². The zero-order chi connectivity index (χ0) is 21.5. The lowest BCUT2D eigenvalue weighted by atomic mass is 10.1. The number of hydrogen-bond donors (Lipinski definition) is 0. The van der Waals surface area contributed by atoms with Crippen LogP contribution in [0.4, 0.5) is 8.78 Å². The average molecular weight is 427 g/mol. The minimum Gasteiger partial charge on any atom is -0.526 e. The van der Waals surface area contributed by atoms with Crippen molar-refractivity contribution in [3.8, 4) is 11.5 Å². The Morgan fingerprint density at radius 3 is 1.52 bits per heavy atom. The molecule has 0 spiro atoms. The van der Waals surface area contributed by atoms with Crippen LogP contribution in [0.2, 0.25) is 0 Å². The molecule has 2 heterocycles. The van der Waals surface area contributed by atoms with Gasteiger partial charge in [-0.3, -0.25) is 9.80 Å². The lowest BCUT2D eigenvalue weighted by molar-refractivity contribution is 0.133. The van der Waals surface area contributed by atoms with Gasteiger partial charge in [0.1, 0.15) is 23.8 Å². The third-order valence-corrected chi connectivity index (χ3v) is 5.92. The van der Waals surface area contributed by atoms with Crippen molar-refractivity contribution < 1.29 is 18.1 Å². The molecule has 2 fully saturated rings. The molecule has 0 bridgehead atoms. The van der Waals surface area contributed by atoms with Crippen molar-refractivity contribution in [3.63, 3.8) is 0 Å². The third kappa shape index (κ3) is 6.94. The SMILES string of the molecule is FC1CCCN(Cc2ccc(O[B]Oc3ccc(CN4CCCC(F)C4)cc3)cc2)C1. The lowest BCUT2D eigenvalue weighted by Gasteiger charge is -2.28. The Bertz CT molecular complexity index is 739. The maximum atomic E-state index is 13.5. The van der Waals surface area contributed by atoms with Crippen molar-refractivity contribution in [2.75, 3.05) is 26.2 Å². The summed E-state index contributed by atoms with van der Waals surface area (Å²) in [6, 6.07) is 15.6. The van der Waals surface area contributed by atoms with Crippen LogP contribution in [0.3, 0.4) is 0 Å². The van der Waals surface area contributed by atoms with E-state index in [0.29, 0.717) is 37.4 Å². The number of likely N-dealkylation sites (tertiary alicyclic amines) is 2. The summed E-state index contributed by atoms with van der Waals surface area (Å²) in [5.41, 5.74) is 2.29. The Labute approximate surface area is 184 Å². The van der Waals surface area contributed by atoms with Crippen molar-refractivity contribution in [1.82, 2.24) is 9.80 Å². The minimum absolute atomic E-state index is 0.521. The molecule has 0 amide bonds. The summed E-state index contributed by atoms with van der Waals surface area (Å²) in [5.74, 6) is 1.38. The molecule has 2 unspecified atom stereocenters. The summed E-state index contributed by atoms with van der Waals surface area (Å²) in [7, 11) is 1.32. The lowest BCUT2D eigenvalue weighted by Crippen LogP contribution is -2.35. The standard InChI is InChI=1S/C24H30BF2N2O2/c26-21-3-1-13-28(17-21)15-19-5-9-23(10-6-19)30-25-31-24-11-7-20(8-12-24)16-29-14-2-4-22(27)18-29/h5-12,21-22H,1-4,13-18H2. The van der Waals surface area contributed by atoms with Gasteiger partial charge in [0.25, 0.3) is 0 Å². The topological polar surface area (TPSA) is 24.9 Å². The van der Waals surface area contributed by atoms with Gasteiger partial charge in [0, 0.05) is 26.2 Å². The number of hydrogen-bond acceptors (Lipinski definition) is 4. The van der Waals surface area contributed by atoms with Gasteiger partial charge >= 0.3 is 7.69 Å². The smallest absolute Gasteiger partial charge is 0.526 e. The van der Waals surface area contributed by atoms with Crippen LogP contribution in [0.15, 0.2) is 48.5 Å². The van der Waals surface area contributed by atoms with Crippen molar-refractivity contribution in [3.05, 3.63) is 59.7 Å². The quantitative estimate of drug-likeness (QED) is 0.578. The first kappa shape index (κ1) is 22.1. The number of nitrogens with zero attached hydrogens (tertiary/aromatic N) is 2. The molecular weight excluding hydrogens is 397 g/mol. The molecule has 2 aromatic rings. The zero-order valence-corrected chi connectivity index (χ0v) is 17.9. The van der Waals surface area contributed by atoms with Crippen LogP contribution in [0.1, 0.15) is 36.8 Å². The predicted molar refractivity (Wildman–Crippen MR) is 119 cm³/mol. The predicted octanol–water partition coefficient (Wildman–Crippen LogP) is 4.55. The Morgan fingerprint density at radius 2 is 1.13 bits per heavy atom. The Hall–Kier alpha value is -2.12. The summed E-state index contributed by atoms with van der Waals surface area (Å²) in [6.45, 7) is 4.47. The van der Waals surface area contributed by atoms with E-state index in [2.05, 4.69) is 9.80 Å². The Balaban J connectivity index is 1.18. The fourth-order valence-corrected chi connectivity index (χ4v) is 4.28. The second-order valence-corrected chi connectivity index (χ2v) is 8.57. The van der Waals surface area contributed by atoms with E-state index in [4.69, 9.17) is 9.31 Å². The second-order valence-electron chi connectivity index (χ2n) is 8.57. The molecule has 7 heteroatoms. The first-order valence-electron chi connectivity index (χ1n) is 11.2. The van der Waals surface area contributed by atoms with Crippen LogP contribution in [0.25, 0.3) is 0 Å². The van der Waals surface area contributed by atoms with E-state index in [1.165, 1.54) is 7.69 Å². The van der Waals surface area contributed by atoms with Gasteiger partial charge in [-0.2, -0.15) is 0 Å². The van der Waals surface area contributed by atoms with Crippen LogP contribution in [-0.2, 0) is 13.1 Å². The molecule has 31 heavy (non-hydrogen) atoms. The summed E-state index contributed by atoms with van der Waals surface area (Å²) < 4.78 is 38.2. The van der Waals surface area contributed by atoms with Gasteiger partial charge in [-0.25, -0.2) is 8.78 Å². The zero-order valence-electron chi connectivity index (χ0n) is 17.9. The first-order chi connectivity index (χ1) is 15.1. The van der Waals surface area contributed by atoms with Crippen molar-refractivity contribution in [2.24, 2.45) is 0 Å². The van der Waals surface area contributed by atoms with Gasteiger partial charge in [-0.1, -0.05) is 24.3 Å². The molecule has 0 saturated carbocycles. The van der Waals surface area contributed by atoms with Gasteiger partial charge in [0.05, 0.1) is 0 Å². The van der Waals surface area contributed by atoms with E-state index in [1.807, 2.05) is 48.5 Å². The maximum absolute atomic E-state index is 13.5. The van der Waals surface area contributed by atoms with Crippen LogP contribution in [-0.4, -0.2) is 56.0 Å². The van der Waals surface area contributed by atoms with Crippen molar-refractivity contribution in [1.29, 1.82) is 0 Å². The fraction of sp³-hybridized carbons (Fsp3) is 0.500. The molecule has 2 aliphatic rings. The molecule has 0 aromatic heterocycles. The van der Waals surface area contributed by atoms with E-state index in [1.54, 1.807) is 0 Å². The summed E-state index contributed by atoms with van der Waals surface area (Å²) in [4.78, 5) is 4.31. The van der Waals surface area contributed by atoms with E-state index < -0.39 is 12.3 Å². The highest BCUT2D eigenvalue weighted by Crippen LogP contribution is 2.20. The second kappa shape index (κ2) is 11.0. The molecule has 2 aromatic carbocycles.